The molecule has 3 rings (SSSR count). The lowest BCUT2D eigenvalue weighted by Crippen LogP contribution is -2.20. The standard InChI is InChI=1S/C18H10ClF3N4O2.C2H6/c19-17-24-7-10(8-25-17)9-28-13-3-1-11(2-4-13)14-5-12(6-23)16(27)26-15(14)18(20,21)22;1-2/h1-5,7-8H,9H2,(H,26,27);1-2H3. The maximum absolute atomic E-state index is 13.3. The zero-order valence-electron chi connectivity index (χ0n) is 15.9. The number of nitriles is 1. The molecule has 0 radical (unpaired) electrons. The quantitative estimate of drug-likeness (QED) is 0.582. The Labute approximate surface area is 175 Å². The maximum atomic E-state index is 13.3. The lowest BCUT2D eigenvalue weighted by atomic mass is 10.0. The minimum atomic E-state index is -4.79. The van der Waals surface area contributed by atoms with E-state index < -0.39 is 23.0 Å². The summed E-state index contributed by atoms with van der Waals surface area (Å²) in [7, 11) is 0. The number of hydrogen-bond acceptors (Lipinski definition) is 5. The van der Waals surface area contributed by atoms with Crippen molar-refractivity contribution in [2.45, 2.75) is 26.6 Å². The van der Waals surface area contributed by atoms with Crippen LogP contribution in [0.5, 0.6) is 5.75 Å². The Morgan fingerprint density at radius 1 is 1.17 bits per heavy atom. The number of hydrogen-bond donors (Lipinski definition) is 1. The molecular formula is C20H16ClF3N4O2. The summed E-state index contributed by atoms with van der Waals surface area (Å²) in [6.07, 6.45) is -1.81. The molecule has 3 aromatic rings. The Kier molecular flexibility index (Phi) is 7.55. The van der Waals surface area contributed by atoms with Crippen LogP contribution < -0.4 is 10.3 Å². The molecule has 1 aromatic carbocycles. The first-order valence-corrected chi connectivity index (χ1v) is 9.10. The van der Waals surface area contributed by atoms with Crippen molar-refractivity contribution in [1.82, 2.24) is 15.0 Å². The zero-order chi connectivity index (χ0) is 22.3. The van der Waals surface area contributed by atoms with Crippen LogP contribution in [-0.2, 0) is 12.8 Å². The van der Waals surface area contributed by atoms with Crippen molar-refractivity contribution in [3.05, 3.63) is 75.2 Å². The third-order valence-corrected chi connectivity index (χ3v) is 3.88. The van der Waals surface area contributed by atoms with Gasteiger partial charge in [0.2, 0.25) is 5.28 Å². The van der Waals surface area contributed by atoms with Crippen LogP contribution in [0.4, 0.5) is 13.2 Å². The number of H-pyrrole nitrogens is 1. The van der Waals surface area contributed by atoms with E-state index in [1.54, 1.807) is 11.1 Å². The molecular weight excluding hydrogens is 421 g/mol. The maximum Gasteiger partial charge on any atom is 0.431 e. The number of benzene rings is 1. The van der Waals surface area contributed by atoms with Gasteiger partial charge in [-0.3, -0.25) is 4.79 Å². The molecule has 0 aliphatic rings. The molecule has 1 N–H and O–H groups in total. The highest BCUT2D eigenvalue weighted by Gasteiger charge is 2.35. The molecule has 0 spiro atoms. The van der Waals surface area contributed by atoms with Gasteiger partial charge in [-0.25, -0.2) is 9.97 Å². The van der Waals surface area contributed by atoms with Gasteiger partial charge in [-0.2, -0.15) is 18.4 Å². The van der Waals surface area contributed by atoms with Gasteiger partial charge in [0.25, 0.3) is 5.56 Å². The number of ether oxygens (including phenoxy) is 1. The molecule has 2 aromatic heterocycles. The molecule has 6 nitrogen and oxygen atoms in total. The largest absolute Gasteiger partial charge is 0.489 e. The van der Waals surface area contributed by atoms with Crippen molar-refractivity contribution in [3.8, 4) is 22.9 Å². The number of nitrogens with zero attached hydrogens (tertiary/aromatic N) is 3. The van der Waals surface area contributed by atoms with Crippen LogP contribution in [0.2, 0.25) is 5.28 Å². The van der Waals surface area contributed by atoms with E-state index in [1.807, 2.05) is 13.8 Å². The predicted molar refractivity (Wildman–Crippen MR) is 105 cm³/mol. The lowest BCUT2D eigenvalue weighted by Gasteiger charge is -2.13. The van der Waals surface area contributed by atoms with E-state index in [-0.39, 0.29) is 23.0 Å². The molecule has 0 amide bonds. The van der Waals surface area contributed by atoms with E-state index >= 15 is 0 Å². The van der Waals surface area contributed by atoms with Crippen molar-refractivity contribution in [2.24, 2.45) is 0 Å². The van der Waals surface area contributed by atoms with E-state index in [1.165, 1.54) is 36.7 Å². The van der Waals surface area contributed by atoms with Gasteiger partial charge in [0.15, 0.2) is 0 Å². The first-order chi connectivity index (χ1) is 14.3. The van der Waals surface area contributed by atoms with Crippen LogP contribution in [0.25, 0.3) is 11.1 Å². The van der Waals surface area contributed by atoms with Gasteiger partial charge in [-0.05, 0) is 35.4 Å². The van der Waals surface area contributed by atoms with Gasteiger partial charge in [-0.1, -0.05) is 26.0 Å². The fourth-order valence-corrected chi connectivity index (χ4v) is 2.47. The van der Waals surface area contributed by atoms with Gasteiger partial charge in [-0.15, -0.1) is 0 Å². The minimum Gasteiger partial charge on any atom is -0.489 e. The summed E-state index contributed by atoms with van der Waals surface area (Å²) < 4.78 is 45.3. The number of aromatic amines is 1. The Hall–Kier alpha value is -3.38. The Morgan fingerprint density at radius 2 is 1.77 bits per heavy atom. The SMILES string of the molecule is CC.N#Cc1cc(-c2ccc(OCc3cnc(Cl)nc3)cc2)c(C(F)(F)F)[nH]c1=O. The highest BCUT2D eigenvalue weighted by Crippen LogP contribution is 2.35. The van der Waals surface area contributed by atoms with Crippen LogP contribution in [0.15, 0.2) is 47.5 Å². The molecule has 0 unspecified atom stereocenters. The van der Waals surface area contributed by atoms with E-state index in [9.17, 15) is 18.0 Å². The molecule has 0 aliphatic carbocycles. The second kappa shape index (κ2) is 9.89. The van der Waals surface area contributed by atoms with E-state index in [0.29, 0.717) is 11.3 Å². The van der Waals surface area contributed by atoms with Crippen LogP contribution in [0, 0.1) is 11.3 Å². The Balaban J connectivity index is 0.00000155. The topological polar surface area (TPSA) is 91.7 Å². The summed E-state index contributed by atoms with van der Waals surface area (Å²) in [5, 5.41) is 9.04. The fraction of sp³-hybridized carbons (Fsp3) is 0.200. The van der Waals surface area contributed by atoms with E-state index in [0.717, 1.165) is 6.07 Å². The second-order valence-corrected chi connectivity index (χ2v) is 5.92. The van der Waals surface area contributed by atoms with Gasteiger partial charge >= 0.3 is 6.18 Å². The summed E-state index contributed by atoms with van der Waals surface area (Å²) in [5.74, 6) is 0.400. The van der Waals surface area contributed by atoms with Crippen LogP contribution in [0.3, 0.4) is 0 Å². The van der Waals surface area contributed by atoms with Crippen molar-refractivity contribution in [2.75, 3.05) is 0 Å². The smallest absolute Gasteiger partial charge is 0.431 e. The summed E-state index contributed by atoms with van der Waals surface area (Å²) in [6.45, 7) is 4.14. The summed E-state index contributed by atoms with van der Waals surface area (Å²) in [5.41, 5.74) is -2.20. The zero-order valence-corrected chi connectivity index (χ0v) is 16.7. The monoisotopic (exact) mass is 436 g/mol. The molecule has 156 valence electrons. The van der Waals surface area contributed by atoms with E-state index in [4.69, 9.17) is 21.6 Å². The van der Waals surface area contributed by atoms with Gasteiger partial charge in [0.1, 0.15) is 29.7 Å². The number of rotatable bonds is 4. The Morgan fingerprint density at radius 3 is 2.30 bits per heavy atom. The minimum absolute atomic E-state index is 0.103. The van der Waals surface area contributed by atoms with Crippen LogP contribution in [0.1, 0.15) is 30.7 Å². The highest BCUT2D eigenvalue weighted by molar-refractivity contribution is 6.28. The van der Waals surface area contributed by atoms with Gasteiger partial charge < -0.3 is 9.72 Å². The molecule has 0 saturated heterocycles. The molecule has 2 heterocycles. The first-order valence-electron chi connectivity index (χ1n) is 8.72. The average Bonchev–Trinajstić information content (AvgIpc) is 2.74. The molecule has 0 atom stereocenters. The molecule has 0 aliphatic heterocycles. The molecule has 30 heavy (non-hydrogen) atoms. The third kappa shape index (κ3) is 5.58. The van der Waals surface area contributed by atoms with Gasteiger partial charge in [0, 0.05) is 23.5 Å². The summed E-state index contributed by atoms with van der Waals surface area (Å²) in [4.78, 5) is 20.9. The number of alkyl halides is 3. The van der Waals surface area contributed by atoms with Crippen LogP contribution >= 0.6 is 11.6 Å². The summed E-state index contributed by atoms with van der Waals surface area (Å²) >= 11 is 5.60. The molecule has 0 saturated carbocycles. The molecule has 0 fully saturated rings. The fourth-order valence-electron chi connectivity index (χ4n) is 2.38. The van der Waals surface area contributed by atoms with Crippen molar-refractivity contribution in [1.29, 1.82) is 5.26 Å². The number of halogens is 4. The number of nitrogens with one attached hydrogen (secondary N) is 1. The van der Waals surface area contributed by atoms with E-state index in [2.05, 4.69) is 9.97 Å². The van der Waals surface area contributed by atoms with Crippen molar-refractivity contribution >= 4 is 11.6 Å². The number of pyridine rings is 1. The first kappa shape index (κ1) is 22.9. The van der Waals surface area contributed by atoms with Gasteiger partial charge in [0.05, 0.1) is 0 Å². The van der Waals surface area contributed by atoms with Crippen LogP contribution in [-0.4, -0.2) is 15.0 Å². The highest BCUT2D eigenvalue weighted by atomic mass is 35.5. The molecule has 0 bridgehead atoms. The van der Waals surface area contributed by atoms with Crippen molar-refractivity contribution in [3.63, 3.8) is 0 Å². The second-order valence-electron chi connectivity index (χ2n) is 5.58. The predicted octanol–water partition coefficient (Wildman–Crippen LogP) is 4.98. The van der Waals surface area contributed by atoms with Crippen molar-refractivity contribution < 1.29 is 17.9 Å². The Bertz CT molecular complexity index is 1090. The lowest BCUT2D eigenvalue weighted by molar-refractivity contribution is -0.140. The summed E-state index contributed by atoms with van der Waals surface area (Å²) in [6, 6.07) is 8.25. The normalized spacial score (nSPS) is 10.6. The average molecular weight is 437 g/mol. The number of aromatic nitrogens is 3. The molecule has 10 heteroatoms. The third-order valence-electron chi connectivity index (χ3n) is 3.69.